The Labute approximate surface area is 109 Å². The van der Waals surface area contributed by atoms with Crippen LogP contribution in [-0.2, 0) is 13.6 Å². The van der Waals surface area contributed by atoms with Gasteiger partial charge in [-0.25, -0.2) is 0 Å². The Morgan fingerprint density at radius 2 is 1.78 bits per heavy atom. The van der Waals surface area contributed by atoms with E-state index in [1.165, 1.54) is 33.5 Å². The van der Waals surface area contributed by atoms with Gasteiger partial charge in [-0.05, 0) is 49.9 Å². The van der Waals surface area contributed by atoms with Crippen molar-refractivity contribution < 1.29 is 0 Å². The van der Waals surface area contributed by atoms with Crippen molar-refractivity contribution in [2.24, 2.45) is 12.8 Å². The molecule has 3 nitrogen and oxygen atoms in total. The van der Waals surface area contributed by atoms with Gasteiger partial charge in [0, 0.05) is 24.8 Å². The number of aryl methyl sites for hydroxylation is 2. The first-order chi connectivity index (χ1) is 8.47. The van der Waals surface area contributed by atoms with Crippen molar-refractivity contribution in [3.63, 3.8) is 0 Å². The second kappa shape index (κ2) is 4.58. The van der Waals surface area contributed by atoms with Crippen LogP contribution in [0.2, 0.25) is 0 Å². The standard InChI is InChI=1S/C15H21N3/c1-9-6-7-13(11(3)10(9)2)15-12(4)18(5)17-14(15)8-16/h6-7H,8,16H2,1-5H3. The molecule has 2 rings (SSSR count). The lowest BCUT2D eigenvalue weighted by molar-refractivity contribution is 0.721. The normalized spacial score (nSPS) is 11.0. The van der Waals surface area contributed by atoms with Gasteiger partial charge in [0.2, 0.25) is 0 Å². The van der Waals surface area contributed by atoms with Crippen LogP contribution in [0, 0.1) is 27.7 Å². The van der Waals surface area contributed by atoms with Crippen LogP contribution >= 0.6 is 0 Å². The molecule has 0 atom stereocenters. The summed E-state index contributed by atoms with van der Waals surface area (Å²) in [4.78, 5) is 0. The van der Waals surface area contributed by atoms with E-state index < -0.39 is 0 Å². The van der Waals surface area contributed by atoms with E-state index in [1.807, 2.05) is 11.7 Å². The third kappa shape index (κ3) is 1.85. The summed E-state index contributed by atoms with van der Waals surface area (Å²) in [5.74, 6) is 0. The van der Waals surface area contributed by atoms with E-state index in [4.69, 9.17) is 5.73 Å². The van der Waals surface area contributed by atoms with Crippen molar-refractivity contribution in [3.8, 4) is 11.1 Å². The van der Waals surface area contributed by atoms with Crippen LogP contribution in [0.15, 0.2) is 12.1 Å². The van der Waals surface area contributed by atoms with Crippen molar-refractivity contribution >= 4 is 0 Å². The van der Waals surface area contributed by atoms with Gasteiger partial charge in [-0.2, -0.15) is 5.10 Å². The maximum Gasteiger partial charge on any atom is 0.0841 e. The smallest absolute Gasteiger partial charge is 0.0841 e. The topological polar surface area (TPSA) is 43.8 Å². The van der Waals surface area contributed by atoms with E-state index in [2.05, 4.69) is 44.9 Å². The van der Waals surface area contributed by atoms with Crippen LogP contribution in [0.3, 0.4) is 0 Å². The zero-order valence-electron chi connectivity index (χ0n) is 11.8. The lowest BCUT2D eigenvalue weighted by atomic mass is 9.93. The molecule has 0 unspecified atom stereocenters. The van der Waals surface area contributed by atoms with E-state index in [-0.39, 0.29) is 0 Å². The second-order valence-electron chi connectivity index (χ2n) is 4.91. The average molecular weight is 243 g/mol. The van der Waals surface area contributed by atoms with Crippen LogP contribution < -0.4 is 5.73 Å². The first-order valence-corrected chi connectivity index (χ1v) is 6.27. The third-order valence-corrected chi connectivity index (χ3v) is 3.93. The number of aromatic nitrogens is 2. The molecule has 0 saturated carbocycles. The molecule has 1 heterocycles. The molecule has 0 spiro atoms. The predicted molar refractivity (Wildman–Crippen MR) is 75.5 cm³/mol. The molecule has 2 N–H and O–H groups in total. The third-order valence-electron chi connectivity index (χ3n) is 3.93. The molecule has 3 heteroatoms. The van der Waals surface area contributed by atoms with Crippen LogP contribution in [0.1, 0.15) is 28.1 Å². The first kappa shape index (κ1) is 12.8. The number of nitrogens with zero attached hydrogens (tertiary/aromatic N) is 2. The van der Waals surface area contributed by atoms with E-state index in [9.17, 15) is 0 Å². The van der Waals surface area contributed by atoms with E-state index in [0.29, 0.717) is 6.54 Å². The summed E-state index contributed by atoms with van der Waals surface area (Å²) in [5, 5.41) is 4.49. The van der Waals surface area contributed by atoms with Crippen molar-refractivity contribution in [3.05, 3.63) is 40.2 Å². The molecule has 1 aromatic carbocycles. The molecule has 0 amide bonds. The molecule has 0 aliphatic rings. The molecule has 96 valence electrons. The van der Waals surface area contributed by atoms with Gasteiger partial charge in [0.25, 0.3) is 0 Å². The predicted octanol–water partition coefficient (Wildman–Crippen LogP) is 2.78. The van der Waals surface area contributed by atoms with Crippen LogP contribution in [-0.4, -0.2) is 9.78 Å². The molecule has 0 aliphatic carbocycles. The number of hydrogen-bond acceptors (Lipinski definition) is 2. The highest BCUT2D eigenvalue weighted by Crippen LogP contribution is 2.32. The lowest BCUT2D eigenvalue weighted by Crippen LogP contribution is -2.00. The summed E-state index contributed by atoms with van der Waals surface area (Å²) in [5.41, 5.74) is 14.4. The zero-order chi connectivity index (χ0) is 13.4. The quantitative estimate of drug-likeness (QED) is 0.881. The van der Waals surface area contributed by atoms with Gasteiger partial charge in [0.05, 0.1) is 5.69 Å². The Bertz CT molecular complexity index is 594. The maximum atomic E-state index is 5.81. The maximum absolute atomic E-state index is 5.81. The highest BCUT2D eigenvalue weighted by atomic mass is 15.3. The monoisotopic (exact) mass is 243 g/mol. The van der Waals surface area contributed by atoms with Gasteiger partial charge >= 0.3 is 0 Å². The van der Waals surface area contributed by atoms with Gasteiger partial charge in [-0.1, -0.05) is 12.1 Å². The second-order valence-corrected chi connectivity index (χ2v) is 4.91. The summed E-state index contributed by atoms with van der Waals surface area (Å²) in [6, 6.07) is 4.35. The molecule has 0 saturated heterocycles. The Morgan fingerprint density at radius 1 is 1.11 bits per heavy atom. The fourth-order valence-corrected chi connectivity index (χ4v) is 2.40. The van der Waals surface area contributed by atoms with Crippen LogP contribution in [0.4, 0.5) is 0 Å². The average Bonchev–Trinajstić information content (AvgIpc) is 2.63. The first-order valence-electron chi connectivity index (χ1n) is 6.27. The summed E-state index contributed by atoms with van der Waals surface area (Å²) in [6.07, 6.45) is 0. The Balaban J connectivity index is 2.73. The molecule has 0 fully saturated rings. The molecule has 2 aromatic rings. The Kier molecular flexibility index (Phi) is 3.26. The summed E-state index contributed by atoms with van der Waals surface area (Å²) >= 11 is 0. The summed E-state index contributed by atoms with van der Waals surface area (Å²) in [6.45, 7) is 9.05. The van der Waals surface area contributed by atoms with Gasteiger partial charge in [0.1, 0.15) is 0 Å². The van der Waals surface area contributed by atoms with Gasteiger partial charge < -0.3 is 5.73 Å². The van der Waals surface area contributed by atoms with Crippen molar-refractivity contribution in [2.75, 3.05) is 0 Å². The van der Waals surface area contributed by atoms with Gasteiger partial charge in [0.15, 0.2) is 0 Å². The minimum Gasteiger partial charge on any atom is -0.325 e. The van der Waals surface area contributed by atoms with E-state index in [1.54, 1.807) is 0 Å². The van der Waals surface area contributed by atoms with Crippen molar-refractivity contribution in [2.45, 2.75) is 34.2 Å². The van der Waals surface area contributed by atoms with E-state index >= 15 is 0 Å². The minimum absolute atomic E-state index is 0.476. The Hall–Kier alpha value is -1.61. The fourth-order valence-electron chi connectivity index (χ4n) is 2.40. The Morgan fingerprint density at radius 3 is 2.39 bits per heavy atom. The molecule has 0 bridgehead atoms. The highest BCUT2D eigenvalue weighted by molar-refractivity contribution is 5.73. The van der Waals surface area contributed by atoms with Crippen LogP contribution in [0.5, 0.6) is 0 Å². The molecular weight excluding hydrogens is 222 g/mol. The zero-order valence-corrected chi connectivity index (χ0v) is 11.8. The number of hydrogen-bond donors (Lipinski definition) is 1. The van der Waals surface area contributed by atoms with Crippen LogP contribution in [0.25, 0.3) is 11.1 Å². The summed E-state index contributed by atoms with van der Waals surface area (Å²) < 4.78 is 1.91. The van der Waals surface area contributed by atoms with Crippen molar-refractivity contribution in [1.29, 1.82) is 0 Å². The number of benzene rings is 1. The molecule has 0 aliphatic heterocycles. The highest BCUT2D eigenvalue weighted by Gasteiger charge is 2.16. The van der Waals surface area contributed by atoms with Gasteiger partial charge in [-0.3, -0.25) is 4.68 Å². The lowest BCUT2D eigenvalue weighted by Gasteiger charge is -2.12. The van der Waals surface area contributed by atoms with E-state index in [0.717, 1.165) is 5.69 Å². The molecule has 0 radical (unpaired) electrons. The molecule has 1 aromatic heterocycles. The fraction of sp³-hybridized carbons (Fsp3) is 0.400. The largest absolute Gasteiger partial charge is 0.325 e. The SMILES string of the molecule is Cc1ccc(-c2c(CN)nn(C)c2C)c(C)c1C. The minimum atomic E-state index is 0.476. The molecular formula is C15H21N3. The molecule has 18 heavy (non-hydrogen) atoms. The number of nitrogens with two attached hydrogens (primary N) is 1. The van der Waals surface area contributed by atoms with Crippen molar-refractivity contribution in [1.82, 2.24) is 9.78 Å². The number of rotatable bonds is 2. The summed E-state index contributed by atoms with van der Waals surface area (Å²) in [7, 11) is 1.97. The van der Waals surface area contributed by atoms with Gasteiger partial charge in [-0.15, -0.1) is 0 Å².